The number of rotatable bonds is 4. The smallest absolute Gasteiger partial charge is 0.220 e. The highest BCUT2D eigenvalue weighted by Crippen LogP contribution is 2.25. The molecule has 22 heavy (non-hydrogen) atoms. The number of carbonyl (C=O) groups excluding carboxylic acids is 1. The highest BCUT2D eigenvalue weighted by molar-refractivity contribution is 5.73. The number of carbonyl (C=O) groups is 1. The van der Waals surface area contributed by atoms with Gasteiger partial charge in [-0.25, -0.2) is 0 Å². The predicted molar refractivity (Wildman–Crippen MR) is 76.4 cm³/mol. The lowest BCUT2D eigenvalue weighted by atomic mass is 9.95. The van der Waals surface area contributed by atoms with Gasteiger partial charge in [-0.05, 0) is 5.56 Å². The zero-order chi connectivity index (χ0) is 16.3. The molecule has 1 fully saturated rings. The van der Waals surface area contributed by atoms with Crippen molar-refractivity contribution in [3.63, 3.8) is 0 Å². The van der Waals surface area contributed by atoms with E-state index in [1.807, 2.05) is 30.3 Å². The molecule has 1 amide bonds. The summed E-state index contributed by atoms with van der Waals surface area (Å²) in [6.07, 6.45) is -5.40. The van der Waals surface area contributed by atoms with Gasteiger partial charge in [-0.2, -0.15) is 0 Å². The van der Waals surface area contributed by atoms with Crippen molar-refractivity contribution in [3.05, 3.63) is 35.9 Å². The van der Waals surface area contributed by atoms with Crippen LogP contribution in [0.3, 0.4) is 0 Å². The van der Waals surface area contributed by atoms with Gasteiger partial charge in [0.05, 0.1) is 6.61 Å². The number of benzene rings is 1. The van der Waals surface area contributed by atoms with Crippen LogP contribution in [-0.2, 0) is 16.1 Å². The van der Waals surface area contributed by atoms with Gasteiger partial charge in [0.1, 0.15) is 24.4 Å². The summed E-state index contributed by atoms with van der Waals surface area (Å²) in [4.78, 5) is 13.2. The molecule has 1 saturated heterocycles. The summed E-state index contributed by atoms with van der Waals surface area (Å²) in [5.41, 5.74) is 0.816. The molecule has 0 spiro atoms. The standard InChI is InChI=1S/C15H21NO6/c1-9(18)16(7-10-5-3-2-4-6-10)12-14(20)13(19)11(8-17)22-15(12)21/h2-6,11-15,17,19-21H,7-8H2,1H3/t11-,12-,13-,14-,15+/m1/s1. The van der Waals surface area contributed by atoms with Gasteiger partial charge in [-0.3, -0.25) is 4.79 Å². The molecule has 1 aromatic rings. The van der Waals surface area contributed by atoms with Gasteiger partial charge in [0.15, 0.2) is 6.29 Å². The van der Waals surface area contributed by atoms with Crippen molar-refractivity contribution < 1.29 is 30.0 Å². The third-order valence-electron chi connectivity index (χ3n) is 3.83. The normalized spacial score (nSPS) is 31.8. The molecule has 7 heteroatoms. The van der Waals surface area contributed by atoms with Crippen LogP contribution in [0.2, 0.25) is 0 Å². The highest BCUT2D eigenvalue weighted by atomic mass is 16.6. The summed E-state index contributed by atoms with van der Waals surface area (Å²) in [7, 11) is 0. The van der Waals surface area contributed by atoms with Crippen LogP contribution in [0.5, 0.6) is 0 Å². The Hall–Kier alpha value is -1.51. The Kier molecular flexibility index (Phi) is 5.49. The quantitative estimate of drug-likeness (QED) is 0.558. The van der Waals surface area contributed by atoms with Gasteiger partial charge >= 0.3 is 0 Å². The molecule has 1 aliphatic rings. The fourth-order valence-corrected chi connectivity index (χ4v) is 2.63. The van der Waals surface area contributed by atoms with Crippen LogP contribution in [0.15, 0.2) is 30.3 Å². The minimum Gasteiger partial charge on any atom is -0.394 e. The minimum absolute atomic E-state index is 0.162. The minimum atomic E-state index is -1.50. The Morgan fingerprint density at radius 2 is 1.82 bits per heavy atom. The molecule has 4 N–H and O–H groups in total. The van der Waals surface area contributed by atoms with E-state index in [0.717, 1.165) is 5.56 Å². The van der Waals surface area contributed by atoms with E-state index < -0.39 is 37.3 Å². The maximum Gasteiger partial charge on any atom is 0.220 e. The van der Waals surface area contributed by atoms with Crippen molar-refractivity contribution in [2.75, 3.05) is 6.61 Å². The van der Waals surface area contributed by atoms with Crippen molar-refractivity contribution in [1.82, 2.24) is 4.90 Å². The van der Waals surface area contributed by atoms with E-state index in [4.69, 9.17) is 9.84 Å². The Morgan fingerprint density at radius 3 is 2.36 bits per heavy atom. The second-order valence-corrected chi connectivity index (χ2v) is 5.35. The molecule has 1 aliphatic heterocycles. The third-order valence-corrected chi connectivity index (χ3v) is 3.83. The lowest BCUT2D eigenvalue weighted by molar-refractivity contribution is -0.271. The maximum absolute atomic E-state index is 11.9. The molecular formula is C15H21NO6. The topological polar surface area (TPSA) is 110 Å². The first-order valence-electron chi connectivity index (χ1n) is 7.07. The van der Waals surface area contributed by atoms with Gasteiger partial charge in [-0.15, -0.1) is 0 Å². The molecule has 5 atom stereocenters. The van der Waals surface area contributed by atoms with E-state index in [0.29, 0.717) is 0 Å². The number of aliphatic hydroxyl groups is 4. The van der Waals surface area contributed by atoms with E-state index in [1.165, 1.54) is 11.8 Å². The molecule has 7 nitrogen and oxygen atoms in total. The lowest BCUT2D eigenvalue weighted by Gasteiger charge is -2.44. The SMILES string of the molecule is CC(=O)N(Cc1ccccc1)[C@@H]1[C@@H](O)[C@H](O)[C@@H](CO)O[C@@H]1O. The van der Waals surface area contributed by atoms with Gasteiger partial charge in [0, 0.05) is 13.5 Å². The highest BCUT2D eigenvalue weighted by Gasteiger charge is 2.47. The number of hydrogen-bond donors (Lipinski definition) is 4. The van der Waals surface area contributed by atoms with Gasteiger partial charge < -0.3 is 30.1 Å². The van der Waals surface area contributed by atoms with Gasteiger partial charge in [0.2, 0.25) is 5.91 Å². The summed E-state index contributed by atoms with van der Waals surface area (Å²) in [5, 5.41) is 39.3. The number of aliphatic hydroxyl groups excluding tert-OH is 4. The number of amides is 1. The maximum atomic E-state index is 11.9. The molecule has 0 saturated carbocycles. The number of ether oxygens (including phenoxy) is 1. The van der Waals surface area contributed by atoms with Gasteiger partial charge in [-0.1, -0.05) is 30.3 Å². The number of nitrogens with zero attached hydrogens (tertiary/aromatic N) is 1. The zero-order valence-electron chi connectivity index (χ0n) is 12.2. The van der Waals surface area contributed by atoms with Crippen LogP contribution in [0.25, 0.3) is 0 Å². The average Bonchev–Trinajstić information content (AvgIpc) is 2.50. The summed E-state index contributed by atoms with van der Waals surface area (Å²) in [6, 6.07) is 7.97. The first kappa shape index (κ1) is 16.9. The summed E-state index contributed by atoms with van der Waals surface area (Å²) < 4.78 is 5.10. The van der Waals surface area contributed by atoms with E-state index in [-0.39, 0.29) is 12.5 Å². The molecular weight excluding hydrogens is 290 g/mol. The van der Waals surface area contributed by atoms with Crippen molar-refractivity contribution in [2.45, 2.75) is 44.1 Å². The van der Waals surface area contributed by atoms with Crippen molar-refractivity contribution >= 4 is 5.91 Å². The predicted octanol–water partition coefficient (Wildman–Crippen LogP) is -1.17. The van der Waals surface area contributed by atoms with Crippen LogP contribution < -0.4 is 0 Å². The summed E-state index contributed by atoms with van der Waals surface area (Å²) >= 11 is 0. The molecule has 0 unspecified atom stereocenters. The van der Waals surface area contributed by atoms with Crippen LogP contribution >= 0.6 is 0 Å². The Bertz CT molecular complexity index is 496. The summed E-state index contributed by atoms with van der Waals surface area (Å²) in [5.74, 6) is -0.370. The molecule has 1 heterocycles. The number of hydrogen-bond acceptors (Lipinski definition) is 6. The van der Waals surface area contributed by atoms with Crippen molar-refractivity contribution in [3.8, 4) is 0 Å². The van der Waals surface area contributed by atoms with Crippen LogP contribution in [0.4, 0.5) is 0 Å². The van der Waals surface area contributed by atoms with Crippen LogP contribution in [0.1, 0.15) is 12.5 Å². The molecule has 0 aromatic heterocycles. The van der Waals surface area contributed by atoms with E-state index >= 15 is 0 Å². The fourth-order valence-electron chi connectivity index (χ4n) is 2.63. The molecule has 122 valence electrons. The van der Waals surface area contributed by atoms with E-state index in [9.17, 15) is 20.1 Å². The molecule has 2 rings (SSSR count). The Balaban J connectivity index is 2.22. The van der Waals surface area contributed by atoms with E-state index in [2.05, 4.69) is 0 Å². The van der Waals surface area contributed by atoms with Crippen LogP contribution in [0, 0.1) is 0 Å². The molecule has 1 aromatic carbocycles. The van der Waals surface area contributed by atoms with E-state index in [1.54, 1.807) is 0 Å². The Morgan fingerprint density at radius 1 is 1.18 bits per heavy atom. The van der Waals surface area contributed by atoms with Crippen molar-refractivity contribution in [2.24, 2.45) is 0 Å². The molecule has 0 radical (unpaired) electrons. The van der Waals surface area contributed by atoms with Crippen LogP contribution in [-0.4, -0.2) is 68.5 Å². The Labute approximate surface area is 128 Å². The molecule has 0 aliphatic carbocycles. The first-order chi connectivity index (χ1) is 10.5. The second-order valence-electron chi connectivity index (χ2n) is 5.35. The first-order valence-corrected chi connectivity index (χ1v) is 7.07. The second kappa shape index (κ2) is 7.17. The molecule has 0 bridgehead atoms. The van der Waals surface area contributed by atoms with Gasteiger partial charge in [0.25, 0.3) is 0 Å². The van der Waals surface area contributed by atoms with Crippen molar-refractivity contribution in [1.29, 1.82) is 0 Å². The lowest BCUT2D eigenvalue weighted by Crippen LogP contribution is -2.64. The largest absolute Gasteiger partial charge is 0.394 e. The monoisotopic (exact) mass is 311 g/mol. The fraction of sp³-hybridized carbons (Fsp3) is 0.533. The summed E-state index contributed by atoms with van der Waals surface area (Å²) in [6.45, 7) is 0.933. The zero-order valence-corrected chi connectivity index (χ0v) is 12.2. The average molecular weight is 311 g/mol. The third kappa shape index (κ3) is 3.45.